The summed E-state index contributed by atoms with van der Waals surface area (Å²) < 4.78 is 10.4. The molecule has 0 unspecified atom stereocenters. The standard InChI is InChI=1S/C26H29N3O4/c1-32-23-15-14-20(17-24(23)33-2)26(31)27-16-7-3-4-13-25(30)29-28-18-21-11-8-10-19-9-5-6-12-22(19)21/h5-6,8-12,14-15,17-18H,3-4,7,13,16H2,1-2H3,(H,27,31)(H,29,30). The molecule has 3 rings (SSSR count). The van der Waals surface area contributed by atoms with E-state index in [2.05, 4.69) is 15.8 Å². The first-order valence-electron chi connectivity index (χ1n) is 10.9. The van der Waals surface area contributed by atoms with Crippen LogP contribution in [0.25, 0.3) is 10.8 Å². The molecule has 0 bridgehead atoms. The molecule has 0 spiro atoms. The summed E-state index contributed by atoms with van der Waals surface area (Å²) in [7, 11) is 3.08. The number of carbonyl (C=O) groups is 2. The minimum atomic E-state index is -0.170. The van der Waals surface area contributed by atoms with Gasteiger partial charge in [-0.3, -0.25) is 9.59 Å². The van der Waals surface area contributed by atoms with Crippen molar-refractivity contribution >= 4 is 28.8 Å². The number of nitrogens with one attached hydrogen (secondary N) is 2. The third kappa shape index (κ3) is 6.80. The van der Waals surface area contributed by atoms with Crippen molar-refractivity contribution in [3.63, 3.8) is 0 Å². The second-order valence-electron chi connectivity index (χ2n) is 7.50. The second kappa shape index (κ2) is 12.2. The van der Waals surface area contributed by atoms with E-state index in [0.29, 0.717) is 30.0 Å². The van der Waals surface area contributed by atoms with Gasteiger partial charge in [0.05, 0.1) is 20.4 Å². The van der Waals surface area contributed by atoms with Crippen LogP contribution >= 0.6 is 0 Å². The van der Waals surface area contributed by atoms with Gasteiger partial charge in [-0.15, -0.1) is 0 Å². The summed E-state index contributed by atoms with van der Waals surface area (Å²) in [5.74, 6) is 0.797. The molecule has 0 saturated carbocycles. The van der Waals surface area contributed by atoms with Gasteiger partial charge in [-0.05, 0) is 41.8 Å². The Bertz CT molecular complexity index is 1120. The Morgan fingerprint density at radius 3 is 2.52 bits per heavy atom. The Morgan fingerprint density at radius 1 is 0.909 bits per heavy atom. The van der Waals surface area contributed by atoms with E-state index in [1.165, 1.54) is 7.11 Å². The van der Waals surface area contributed by atoms with Gasteiger partial charge < -0.3 is 14.8 Å². The summed E-state index contributed by atoms with van der Waals surface area (Å²) in [5, 5.41) is 9.19. The lowest BCUT2D eigenvalue weighted by atomic mass is 10.1. The Hall–Kier alpha value is -3.87. The van der Waals surface area contributed by atoms with Crippen molar-refractivity contribution in [2.75, 3.05) is 20.8 Å². The molecular weight excluding hydrogens is 418 g/mol. The number of hydrogen-bond donors (Lipinski definition) is 2. The first-order valence-corrected chi connectivity index (χ1v) is 10.9. The lowest BCUT2D eigenvalue weighted by Crippen LogP contribution is -2.24. The molecule has 2 N–H and O–H groups in total. The topological polar surface area (TPSA) is 89.0 Å². The summed E-state index contributed by atoms with van der Waals surface area (Å²) in [6.07, 6.45) is 4.39. The molecule has 2 amide bonds. The maximum atomic E-state index is 12.3. The highest BCUT2D eigenvalue weighted by molar-refractivity contribution is 6.00. The average molecular weight is 448 g/mol. The first kappa shape index (κ1) is 23.8. The number of ether oxygens (including phenoxy) is 2. The van der Waals surface area contributed by atoms with Gasteiger partial charge in [-0.25, -0.2) is 5.43 Å². The molecule has 0 aromatic heterocycles. The van der Waals surface area contributed by atoms with E-state index in [-0.39, 0.29) is 11.8 Å². The van der Waals surface area contributed by atoms with Crippen LogP contribution < -0.4 is 20.2 Å². The fourth-order valence-corrected chi connectivity index (χ4v) is 3.46. The van der Waals surface area contributed by atoms with Crippen LogP contribution in [0.4, 0.5) is 0 Å². The maximum Gasteiger partial charge on any atom is 0.251 e. The summed E-state index contributed by atoms with van der Waals surface area (Å²) in [6.45, 7) is 0.536. The molecular formula is C26H29N3O4. The maximum absolute atomic E-state index is 12.3. The fraction of sp³-hybridized carbons (Fsp3) is 0.269. The van der Waals surface area contributed by atoms with Crippen molar-refractivity contribution in [2.24, 2.45) is 5.10 Å². The van der Waals surface area contributed by atoms with Crippen molar-refractivity contribution in [2.45, 2.75) is 25.7 Å². The Kier molecular flexibility index (Phi) is 8.82. The van der Waals surface area contributed by atoms with Gasteiger partial charge in [-0.2, -0.15) is 5.10 Å². The molecule has 0 heterocycles. The van der Waals surface area contributed by atoms with Gasteiger partial charge in [0, 0.05) is 24.1 Å². The van der Waals surface area contributed by atoms with E-state index >= 15 is 0 Å². The third-order valence-corrected chi connectivity index (χ3v) is 5.23. The largest absolute Gasteiger partial charge is 0.493 e. The number of carbonyl (C=O) groups excluding carboxylic acids is 2. The smallest absolute Gasteiger partial charge is 0.251 e. The van der Waals surface area contributed by atoms with E-state index in [9.17, 15) is 9.59 Å². The van der Waals surface area contributed by atoms with E-state index in [4.69, 9.17) is 9.47 Å². The molecule has 7 nitrogen and oxygen atoms in total. The zero-order valence-corrected chi connectivity index (χ0v) is 19.0. The van der Waals surface area contributed by atoms with Crippen LogP contribution in [0.3, 0.4) is 0 Å². The molecule has 0 aliphatic carbocycles. The first-order chi connectivity index (χ1) is 16.1. The SMILES string of the molecule is COc1ccc(C(=O)NCCCCCC(=O)NN=Cc2cccc3ccccc23)cc1OC. The van der Waals surface area contributed by atoms with Crippen LogP contribution in [0.5, 0.6) is 11.5 Å². The average Bonchev–Trinajstić information content (AvgIpc) is 2.85. The number of nitrogens with zero attached hydrogens (tertiary/aromatic N) is 1. The molecule has 0 fully saturated rings. The zero-order valence-electron chi connectivity index (χ0n) is 19.0. The number of hydrogen-bond acceptors (Lipinski definition) is 5. The summed E-state index contributed by atoms with van der Waals surface area (Å²) in [5.41, 5.74) is 4.05. The number of benzene rings is 3. The summed E-state index contributed by atoms with van der Waals surface area (Å²) in [6, 6.07) is 19.1. The molecule has 0 aliphatic heterocycles. The van der Waals surface area contributed by atoms with E-state index in [1.54, 1.807) is 31.5 Å². The minimum absolute atomic E-state index is 0.124. The van der Waals surface area contributed by atoms with Crippen molar-refractivity contribution in [1.82, 2.24) is 10.7 Å². The van der Waals surface area contributed by atoms with Crippen molar-refractivity contribution in [3.05, 3.63) is 71.8 Å². The summed E-state index contributed by atoms with van der Waals surface area (Å²) >= 11 is 0. The number of amides is 2. The van der Waals surface area contributed by atoms with Gasteiger partial charge >= 0.3 is 0 Å². The molecule has 7 heteroatoms. The van der Waals surface area contributed by atoms with E-state index < -0.39 is 0 Å². The lowest BCUT2D eigenvalue weighted by Gasteiger charge is -2.10. The Labute approximate surface area is 193 Å². The van der Waals surface area contributed by atoms with Gasteiger partial charge in [0.1, 0.15) is 0 Å². The molecule has 3 aromatic rings. The van der Waals surface area contributed by atoms with Crippen molar-refractivity contribution in [1.29, 1.82) is 0 Å². The van der Waals surface area contributed by atoms with Crippen molar-refractivity contribution in [3.8, 4) is 11.5 Å². The molecule has 0 aliphatic rings. The fourth-order valence-electron chi connectivity index (χ4n) is 3.46. The lowest BCUT2D eigenvalue weighted by molar-refractivity contribution is -0.121. The third-order valence-electron chi connectivity index (χ3n) is 5.23. The van der Waals surface area contributed by atoms with Gasteiger partial charge in [-0.1, -0.05) is 48.9 Å². The molecule has 33 heavy (non-hydrogen) atoms. The van der Waals surface area contributed by atoms with Crippen LogP contribution in [-0.2, 0) is 4.79 Å². The predicted octanol–water partition coefficient (Wildman–Crippen LogP) is 4.30. The van der Waals surface area contributed by atoms with Gasteiger partial charge in [0.15, 0.2) is 11.5 Å². The van der Waals surface area contributed by atoms with Crippen LogP contribution in [0.1, 0.15) is 41.6 Å². The van der Waals surface area contributed by atoms with Crippen molar-refractivity contribution < 1.29 is 19.1 Å². The van der Waals surface area contributed by atoms with Gasteiger partial charge in [0.25, 0.3) is 5.91 Å². The molecule has 0 atom stereocenters. The number of rotatable bonds is 11. The van der Waals surface area contributed by atoms with Crippen LogP contribution in [0.15, 0.2) is 65.8 Å². The zero-order chi connectivity index (χ0) is 23.5. The molecule has 172 valence electrons. The highest BCUT2D eigenvalue weighted by Crippen LogP contribution is 2.27. The molecule has 0 saturated heterocycles. The minimum Gasteiger partial charge on any atom is -0.493 e. The monoisotopic (exact) mass is 447 g/mol. The number of fused-ring (bicyclic) bond motifs is 1. The number of unbranched alkanes of at least 4 members (excludes halogenated alkanes) is 2. The molecule has 0 radical (unpaired) electrons. The number of hydrazone groups is 1. The van der Waals surface area contributed by atoms with E-state index in [1.807, 2.05) is 42.5 Å². The number of methoxy groups -OCH3 is 2. The van der Waals surface area contributed by atoms with Crippen LogP contribution in [0, 0.1) is 0 Å². The van der Waals surface area contributed by atoms with Crippen LogP contribution in [-0.4, -0.2) is 38.8 Å². The molecule has 3 aromatic carbocycles. The van der Waals surface area contributed by atoms with E-state index in [0.717, 1.165) is 35.6 Å². The van der Waals surface area contributed by atoms with Gasteiger partial charge in [0.2, 0.25) is 5.91 Å². The Morgan fingerprint density at radius 2 is 1.70 bits per heavy atom. The summed E-state index contributed by atoms with van der Waals surface area (Å²) in [4.78, 5) is 24.3. The highest BCUT2D eigenvalue weighted by Gasteiger charge is 2.10. The quantitative estimate of drug-likeness (QED) is 0.261. The van der Waals surface area contributed by atoms with Crippen LogP contribution in [0.2, 0.25) is 0 Å². The normalized spacial score (nSPS) is 10.8. The highest BCUT2D eigenvalue weighted by atomic mass is 16.5. The second-order valence-corrected chi connectivity index (χ2v) is 7.50. The predicted molar refractivity (Wildman–Crippen MR) is 130 cm³/mol. The Balaban J connectivity index is 1.33.